The Labute approximate surface area is 146 Å². The van der Waals surface area contributed by atoms with Crippen LogP contribution in [0.2, 0.25) is 0 Å². The average molecular weight is 354 g/mol. The second-order valence-electron chi connectivity index (χ2n) is 5.14. The zero-order valence-corrected chi connectivity index (χ0v) is 13.8. The van der Waals surface area contributed by atoms with E-state index >= 15 is 0 Å². The highest BCUT2D eigenvalue weighted by molar-refractivity contribution is 7.85. The Hall–Kier alpha value is -3.12. The molecule has 1 unspecified atom stereocenters. The lowest BCUT2D eigenvalue weighted by Crippen LogP contribution is -2.09. The summed E-state index contributed by atoms with van der Waals surface area (Å²) in [5.41, 5.74) is -0.0755. The molecule has 0 spiro atoms. The quantitative estimate of drug-likeness (QED) is 0.553. The van der Waals surface area contributed by atoms with Crippen LogP contribution in [0.3, 0.4) is 0 Å². The van der Waals surface area contributed by atoms with Gasteiger partial charge in [-0.1, -0.05) is 18.2 Å². The van der Waals surface area contributed by atoms with Gasteiger partial charge in [0.2, 0.25) is 0 Å². The van der Waals surface area contributed by atoms with E-state index in [9.17, 15) is 19.2 Å². The molecular weight excluding hydrogens is 340 g/mol. The van der Waals surface area contributed by atoms with Crippen molar-refractivity contribution in [2.45, 2.75) is 9.79 Å². The van der Waals surface area contributed by atoms with E-state index in [1.165, 1.54) is 42.5 Å². The summed E-state index contributed by atoms with van der Waals surface area (Å²) in [6, 6.07) is 18.5. The van der Waals surface area contributed by atoms with Gasteiger partial charge in [-0.25, -0.2) is 9.00 Å². The molecule has 0 saturated carbocycles. The van der Waals surface area contributed by atoms with Crippen LogP contribution in [0.4, 0.5) is 0 Å². The highest BCUT2D eigenvalue weighted by atomic mass is 32.2. The first-order valence-corrected chi connectivity index (χ1v) is 8.50. The molecule has 0 amide bonds. The van der Waals surface area contributed by atoms with Crippen molar-refractivity contribution in [3.05, 3.63) is 78.4 Å². The van der Waals surface area contributed by atoms with Crippen molar-refractivity contribution in [1.29, 1.82) is 0 Å². The van der Waals surface area contributed by atoms with Crippen LogP contribution in [-0.4, -0.2) is 20.4 Å². The zero-order chi connectivity index (χ0) is 17.8. The van der Waals surface area contributed by atoms with Crippen molar-refractivity contribution in [2.24, 2.45) is 0 Å². The predicted octanol–water partition coefficient (Wildman–Crippen LogP) is 3.48. The first-order chi connectivity index (χ1) is 12.0. The number of phenolic OH excluding ortho intramolecular Hbond substituents is 2. The zero-order valence-electron chi connectivity index (χ0n) is 13.0. The molecule has 3 aromatic carbocycles. The summed E-state index contributed by atoms with van der Waals surface area (Å²) in [5, 5.41) is 19.2. The lowest BCUT2D eigenvalue weighted by Gasteiger charge is -2.08. The summed E-state index contributed by atoms with van der Waals surface area (Å²) < 4.78 is 17.8. The molecule has 0 aliphatic carbocycles. The number of rotatable bonds is 4. The fourth-order valence-electron chi connectivity index (χ4n) is 2.15. The highest BCUT2D eigenvalue weighted by Crippen LogP contribution is 2.25. The average Bonchev–Trinajstić information content (AvgIpc) is 2.63. The summed E-state index contributed by atoms with van der Waals surface area (Å²) >= 11 is 0. The van der Waals surface area contributed by atoms with E-state index in [4.69, 9.17) is 4.74 Å². The predicted molar refractivity (Wildman–Crippen MR) is 92.3 cm³/mol. The van der Waals surface area contributed by atoms with Gasteiger partial charge < -0.3 is 14.9 Å². The number of para-hydroxylation sites is 1. The third-order valence-corrected chi connectivity index (χ3v) is 4.79. The van der Waals surface area contributed by atoms with E-state index in [0.717, 1.165) is 0 Å². The van der Waals surface area contributed by atoms with Gasteiger partial charge in [0.1, 0.15) is 22.8 Å². The van der Waals surface area contributed by atoms with Crippen LogP contribution in [0.5, 0.6) is 17.2 Å². The molecule has 5 nitrogen and oxygen atoms in total. The molecule has 3 rings (SSSR count). The van der Waals surface area contributed by atoms with Crippen molar-refractivity contribution in [3.8, 4) is 17.2 Å². The fraction of sp³-hybridized carbons (Fsp3) is 0. The van der Waals surface area contributed by atoms with Gasteiger partial charge in [-0.05, 0) is 54.6 Å². The van der Waals surface area contributed by atoms with Crippen LogP contribution in [0.1, 0.15) is 10.4 Å². The smallest absolute Gasteiger partial charge is 0.347 e. The van der Waals surface area contributed by atoms with Gasteiger partial charge in [0.05, 0.1) is 10.8 Å². The molecule has 0 aliphatic rings. The molecule has 0 saturated heterocycles. The highest BCUT2D eigenvalue weighted by Gasteiger charge is 2.17. The maximum atomic E-state index is 12.6. The lowest BCUT2D eigenvalue weighted by atomic mass is 10.2. The number of aromatic hydroxyl groups is 2. The first kappa shape index (κ1) is 16.7. The van der Waals surface area contributed by atoms with E-state index in [0.29, 0.717) is 15.5 Å². The first-order valence-electron chi connectivity index (χ1n) is 7.35. The SMILES string of the molecule is O=C(Oc1ccccc1)c1cc(S(=O)c2ccc(O)cc2)ccc1O. The van der Waals surface area contributed by atoms with E-state index < -0.39 is 16.8 Å². The molecule has 0 aromatic heterocycles. The summed E-state index contributed by atoms with van der Waals surface area (Å²) in [5.74, 6) is -0.587. The van der Waals surface area contributed by atoms with Crippen molar-refractivity contribution in [2.75, 3.05) is 0 Å². The molecule has 126 valence electrons. The minimum Gasteiger partial charge on any atom is -0.508 e. The van der Waals surface area contributed by atoms with Crippen molar-refractivity contribution < 1.29 is 24.0 Å². The third-order valence-electron chi connectivity index (χ3n) is 3.41. The van der Waals surface area contributed by atoms with Crippen molar-refractivity contribution >= 4 is 16.8 Å². The van der Waals surface area contributed by atoms with Crippen molar-refractivity contribution in [3.63, 3.8) is 0 Å². The van der Waals surface area contributed by atoms with Crippen LogP contribution < -0.4 is 4.74 Å². The van der Waals surface area contributed by atoms with Crippen molar-refractivity contribution in [1.82, 2.24) is 0 Å². The van der Waals surface area contributed by atoms with Gasteiger partial charge >= 0.3 is 5.97 Å². The number of phenols is 2. The Morgan fingerprint density at radius 3 is 2.16 bits per heavy atom. The molecule has 0 bridgehead atoms. The Bertz CT molecular complexity index is 920. The second-order valence-corrected chi connectivity index (χ2v) is 6.62. The molecule has 2 N–H and O–H groups in total. The standard InChI is InChI=1S/C19H14O5S/c20-13-6-8-15(9-7-13)25(23)16-10-11-18(21)17(12-16)19(22)24-14-4-2-1-3-5-14/h1-12,20-21H. The van der Waals surface area contributed by atoms with Gasteiger partial charge in [0, 0.05) is 9.79 Å². The van der Waals surface area contributed by atoms with E-state index in [1.807, 2.05) is 0 Å². The van der Waals surface area contributed by atoms with Crippen LogP contribution in [-0.2, 0) is 10.8 Å². The topological polar surface area (TPSA) is 83.8 Å². The number of carbonyl (C=O) groups is 1. The Morgan fingerprint density at radius 1 is 0.840 bits per heavy atom. The molecule has 25 heavy (non-hydrogen) atoms. The van der Waals surface area contributed by atoms with Gasteiger partial charge in [0.25, 0.3) is 0 Å². The molecule has 0 fully saturated rings. The Morgan fingerprint density at radius 2 is 1.48 bits per heavy atom. The van der Waals surface area contributed by atoms with Crippen LogP contribution in [0.15, 0.2) is 82.6 Å². The van der Waals surface area contributed by atoms with Crippen LogP contribution in [0.25, 0.3) is 0 Å². The number of carbonyl (C=O) groups excluding carboxylic acids is 1. The summed E-state index contributed by atoms with van der Waals surface area (Å²) in [6.45, 7) is 0. The molecule has 0 aliphatic heterocycles. The minimum atomic E-state index is -1.57. The minimum absolute atomic E-state index is 0.0681. The Balaban J connectivity index is 1.88. The summed E-state index contributed by atoms with van der Waals surface area (Å²) in [4.78, 5) is 13.1. The van der Waals surface area contributed by atoms with Gasteiger partial charge in [-0.3, -0.25) is 0 Å². The number of esters is 1. The molecule has 0 radical (unpaired) electrons. The maximum Gasteiger partial charge on any atom is 0.347 e. The molecule has 0 heterocycles. The number of hydrogen-bond acceptors (Lipinski definition) is 5. The number of hydrogen-bond donors (Lipinski definition) is 2. The molecule has 1 atom stereocenters. The van der Waals surface area contributed by atoms with Gasteiger partial charge in [0.15, 0.2) is 0 Å². The van der Waals surface area contributed by atoms with Gasteiger partial charge in [-0.2, -0.15) is 0 Å². The lowest BCUT2D eigenvalue weighted by molar-refractivity contribution is 0.0731. The normalized spacial score (nSPS) is 11.7. The molecular formula is C19H14O5S. The Kier molecular flexibility index (Phi) is 4.81. The third kappa shape index (κ3) is 3.87. The molecule has 6 heteroatoms. The molecule has 3 aromatic rings. The van der Waals surface area contributed by atoms with Crippen LogP contribution in [0, 0.1) is 0 Å². The summed E-state index contributed by atoms with van der Waals surface area (Å²) in [7, 11) is -1.57. The monoisotopic (exact) mass is 354 g/mol. The van der Waals surface area contributed by atoms with Gasteiger partial charge in [-0.15, -0.1) is 0 Å². The summed E-state index contributed by atoms with van der Waals surface area (Å²) in [6.07, 6.45) is 0. The number of benzene rings is 3. The second kappa shape index (κ2) is 7.19. The fourth-order valence-corrected chi connectivity index (χ4v) is 3.22. The largest absolute Gasteiger partial charge is 0.508 e. The maximum absolute atomic E-state index is 12.6. The van der Waals surface area contributed by atoms with E-state index in [-0.39, 0.29) is 17.1 Å². The van der Waals surface area contributed by atoms with E-state index in [1.54, 1.807) is 30.3 Å². The number of ether oxygens (including phenoxy) is 1. The van der Waals surface area contributed by atoms with Crippen LogP contribution >= 0.6 is 0 Å². The van der Waals surface area contributed by atoms with E-state index in [2.05, 4.69) is 0 Å².